The van der Waals surface area contributed by atoms with Crippen molar-refractivity contribution in [3.05, 3.63) is 72.9 Å². The minimum Gasteiger partial charge on any atom is -0.462 e. The molecule has 0 N–H and O–H groups in total. The van der Waals surface area contributed by atoms with Crippen molar-refractivity contribution in [2.75, 3.05) is 13.2 Å². The quantitative estimate of drug-likeness (QED) is 0.0261. The Hall–Kier alpha value is -3.15. The molecule has 0 saturated carbocycles. The number of hydrogen-bond donors (Lipinski definition) is 0. The summed E-state index contributed by atoms with van der Waals surface area (Å²) in [6, 6.07) is 0. The van der Waals surface area contributed by atoms with Gasteiger partial charge in [-0.2, -0.15) is 0 Å². The fourth-order valence-electron chi connectivity index (χ4n) is 8.47. The van der Waals surface area contributed by atoms with Gasteiger partial charge in [0.15, 0.2) is 6.10 Å². The topological polar surface area (TPSA) is 78.9 Å². The first-order chi connectivity index (χ1) is 34.5. The van der Waals surface area contributed by atoms with Gasteiger partial charge in [0, 0.05) is 19.3 Å². The van der Waals surface area contributed by atoms with Crippen LogP contribution in [-0.2, 0) is 28.6 Å². The second-order valence-electron chi connectivity index (χ2n) is 19.9. The predicted octanol–water partition coefficient (Wildman–Crippen LogP) is 20.2. The highest BCUT2D eigenvalue weighted by molar-refractivity contribution is 5.71. The van der Waals surface area contributed by atoms with E-state index in [-0.39, 0.29) is 37.5 Å². The summed E-state index contributed by atoms with van der Waals surface area (Å²) in [5.74, 6) is -0.924. The second-order valence-corrected chi connectivity index (χ2v) is 19.9. The minimum absolute atomic E-state index is 0.0894. The van der Waals surface area contributed by atoms with Crippen LogP contribution in [0.2, 0.25) is 0 Å². The van der Waals surface area contributed by atoms with Crippen LogP contribution in [0.25, 0.3) is 0 Å². The lowest BCUT2D eigenvalue weighted by Gasteiger charge is -2.18. The molecule has 0 bridgehead atoms. The van der Waals surface area contributed by atoms with Crippen LogP contribution in [0.4, 0.5) is 0 Å². The number of allylic oxidation sites excluding steroid dienone is 12. The Labute approximate surface area is 433 Å². The summed E-state index contributed by atoms with van der Waals surface area (Å²) < 4.78 is 16.8. The molecular weight excluding hydrogens is 865 g/mol. The lowest BCUT2D eigenvalue weighted by atomic mass is 10.0. The SMILES string of the molecule is CC/C=C\C/C=C\C/C=C\C/C=C\CCCCC(=O)OC(COC(=O)CCCCCCCCCCCC)COC(=O)CCCCCCCCCCCCCCCCC/C=C\C/C=C\CCCCCCC. The molecule has 0 heterocycles. The van der Waals surface area contributed by atoms with Crippen molar-refractivity contribution in [1.29, 1.82) is 0 Å². The Bertz CT molecular complexity index is 1310. The van der Waals surface area contributed by atoms with E-state index in [0.29, 0.717) is 19.3 Å². The van der Waals surface area contributed by atoms with Crippen LogP contribution in [0.1, 0.15) is 297 Å². The molecule has 6 heteroatoms. The summed E-state index contributed by atoms with van der Waals surface area (Å²) in [7, 11) is 0. The molecule has 0 fully saturated rings. The highest BCUT2D eigenvalue weighted by atomic mass is 16.6. The highest BCUT2D eigenvalue weighted by Crippen LogP contribution is 2.16. The largest absolute Gasteiger partial charge is 0.462 e. The molecule has 0 aliphatic heterocycles. The molecule has 0 rings (SSSR count). The zero-order valence-electron chi connectivity index (χ0n) is 46.3. The summed E-state index contributed by atoms with van der Waals surface area (Å²) in [5, 5.41) is 0. The van der Waals surface area contributed by atoms with Gasteiger partial charge in [-0.05, 0) is 89.9 Å². The highest BCUT2D eigenvalue weighted by Gasteiger charge is 2.19. The zero-order valence-corrected chi connectivity index (χ0v) is 46.3. The van der Waals surface area contributed by atoms with Crippen LogP contribution in [-0.4, -0.2) is 37.2 Å². The van der Waals surface area contributed by atoms with Crippen LogP contribution < -0.4 is 0 Å². The summed E-state index contributed by atoms with van der Waals surface area (Å²) in [4.78, 5) is 38.1. The number of carbonyl (C=O) groups is 3. The Morgan fingerprint density at radius 1 is 0.300 bits per heavy atom. The van der Waals surface area contributed by atoms with Crippen molar-refractivity contribution in [2.24, 2.45) is 0 Å². The fraction of sp³-hybridized carbons (Fsp3) is 0.766. The van der Waals surface area contributed by atoms with E-state index in [0.717, 1.165) is 83.5 Å². The van der Waals surface area contributed by atoms with E-state index in [2.05, 4.69) is 93.7 Å². The maximum atomic E-state index is 12.8. The van der Waals surface area contributed by atoms with Crippen molar-refractivity contribution in [2.45, 2.75) is 303 Å². The molecule has 6 nitrogen and oxygen atoms in total. The molecule has 0 aromatic rings. The number of hydrogen-bond acceptors (Lipinski definition) is 6. The Balaban J connectivity index is 4.21. The molecule has 0 aromatic heterocycles. The van der Waals surface area contributed by atoms with Gasteiger partial charge in [-0.25, -0.2) is 0 Å². The first kappa shape index (κ1) is 66.9. The molecule has 70 heavy (non-hydrogen) atoms. The molecule has 1 unspecified atom stereocenters. The number of carbonyl (C=O) groups excluding carboxylic acids is 3. The van der Waals surface area contributed by atoms with Gasteiger partial charge in [0.05, 0.1) is 0 Å². The first-order valence-electron chi connectivity index (χ1n) is 29.9. The standard InChI is InChI=1S/C64H112O6/c1-4-7-10-13-16-19-22-24-26-27-28-29-30-31-32-33-34-35-36-37-39-40-42-45-48-51-54-57-63(66)69-60-61(59-68-62(65)56-53-50-47-44-21-18-15-12-9-6-3)70-64(67)58-55-52-49-46-43-41-38-25-23-20-17-14-11-8-5-2/h8,11,17,20,22,24-25,27-28,38,43,46,61H,4-7,9-10,12-16,18-19,21,23,26,29-37,39-42,44-45,47-60H2,1-3H3/b11-8-,20-17-,24-22-,28-27-,38-25-,46-43-. The van der Waals surface area contributed by atoms with Crippen molar-refractivity contribution in [1.82, 2.24) is 0 Å². The molecule has 0 aliphatic carbocycles. The number of ether oxygens (including phenoxy) is 3. The smallest absolute Gasteiger partial charge is 0.306 e. The monoisotopic (exact) mass is 977 g/mol. The summed E-state index contributed by atoms with van der Waals surface area (Å²) >= 11 is 0. The lowest BCUT2D eigenvalue weighted by molar-refractivity contribution is -0.167. The lowest BCUT2D eigenvalue weighted by Crippen LogP contribution is -2.30. The van der Waals surface area contributed by atoms with E-state index in [1.54, 1.807) is 0 Å². The van der Waals surface area contributed by atoms with Gasteiger partial charge in [0.25, 0.3) is 0 Å². The average molecular weight is 978 g/mol. The third-order valence-electron chi connectivity index (χ3n) is 12.9. The third kappa shape index (κ3) is 55.8. The number of rotatable bonds is 54. The van der Waals surface area contributed by atoms with Crippen molar-refractivity contribution in [3.63, 3.8) is 0 Å². The van der Waals surface area contributed by atoms with Crippen LogP contribution in [0.15, 0.2) is 72.9 Å². The van der Waals surface area contributed by atoms with Crippen molar-refractivity contribution < 1.29 is 28.6 Å². The Morgan fingerprint density at radius 2 is 0.557 bits per heavy atom. The molecule has 0 amide bonds. The maximum Gasteiger partial charge on any atom is 0.306 e. The molecule has 0 aliphatic rings. The number of unbranched alkanes of at least 4 members (excludes halogenated alkanes) is 31. The molecule has 404 valence electrons. The Kier molecular flexibility index (Phi) is 55.8. The average Bonchev–Trinajstić information content (AvgIpc) is 3.36. The van der Waals surface area contributed by atoms with Gasteiger partial charge < -0.3 is 14.2 Å². The normalized spacial score (nSPS) is 12.6. The van der Waals surface area contributed by atoms with Crippen LogP contribution in [0.5, 0.6) is 0 Å². The second kappa shape index (κ2) is 58.4. The van der Waals surface area contributed by atoms with E-state index < -0.39 is 6.10 Å². The molecule has 0 aromatic carbocycles. The molecule has 0 radical (unpaired) electrons. The zero-order chi connectivity index (χ0) is 50.7. The molecule has 0 spiro atoms. The Morgan fingerprint density at radius 3 is 0.900 bits per heavy atom. The van der Waals surface area contributed by atoms with E-state index in [9.17, 15) is 14.4 Å². The first-order valence-corrected chi connectivity index (χ1v) is 29.9. The van der Waals surface area contributed by atoms with Crippen molar-refractivity contribution >= 4 is 17.9 Å². The fourth-order valence-corrected chi connectivity index (χ4v) is 8.47. The van der Waals surface area contributed by atoms with Crippen LogP contribution in [0.3, 0.4) is 0 Å². The molecular formula is C64H112O6. The summed E-state index contributed by atoms with van der Waals surface area (Å²) in [6.45, 7) is 6.49. The van der Waals surface area contributed by atoms with Gasteiger partial charge >= 0.3 is 17.9 Å². The molecule has 0 saturated heterocycles. The van der Waals surface area contributed by atoms with E-state index >= 15 is 0 Å². The summed E-state index contributed by atoms with van der Waals surface area (Å²) in [6.07, 6.45) is 74.9. The van der Waals surface area contributed by atoms with E-state index in [4.69, 9.17) is 14.2 Å². The molecule has 1 atom stereocenters. The number of esters is 3. The van der Waals surface area contributed by atoms with E-state index in [1.807, 2.05) is 0 Å². The van der Waals surface area contributed by atoms with Crippen molar-refractivity contribution in [3.8, 4) is 0 Å². The van der Waals surface area contributed by atoms with Gasteiger partial charge in [0.2, 0.25) is 0 Å². The third-order valence-corrected chi connectivity index (χ3v) is 12.9. The van der Waals surface area contributed by atoms with E-state index in [1.165, 1.54) is 167 Å². The van der Waals surface area contributed by atoms with Gasteiger partial charge in [-0.15, -0.1) is 0 Å². The van der Waals surface area contributed by atoms with Gasteiger partial charge in [0.1, 0.15) is 13.2 Å². The van der Waals surface area contributed by atoms with Crippen LogP contribution >= 0.6 is 0 Å². The predicted molar refractivity (Wildman–Crippen MR) is 302 cm³/mol. The van der Waals surface area contributed by atoms with Gasteiger partial charge in [-0.1, -0.05) is 261 Å². The van der Waals surface area contributed by atoms with Gasteiger partial charge in [-0.3, -0.25) is 14.4 Å². The minimum atomic E-state index is -0.794. The van der Waals surface area contributed by atoms with Crippen LogP contribution in [0, 0.1) is 0 Å². The summed E-state index contributed by atoms with van der Waals surface area (Å²) in [5.41, 5.74) is 0. The maximum absolute atomic E-state index is 12.8.